The van der Waals surface area contributed by atoms with Crippen LogP contribution in [0.15, 0.2) is 53.3 Å². The minimum absolute atomic E-state index is 0.0197. The topological polar surface area (TPSA) is 97.8 Å². The Bertz CT molecular complexity index is 1370. The van der Waals surface area contributed by atoms with Crippen molar-refractivity contribution in [1.29, 1.82) is 0 Å². The smallest absolute Gasteiger partial charge is 0.317 e. The molecule has 162 valence electrons. The van der Waals surface area contributed by atoms with Gasteiger partial charge in [0.05, 0.1) is 16.8 Å². The predicted molar refractivity (Wildman–Crippen MR) is 124 cm³/mol. The van der Waals surface area contributed by atoms with E-state index in [1.165, 1.54) is 6.07 Å². The van der Waals surface area contributed by atoms with Crippen molar-refractivity contribution < 1.29 is 9.53 Å². The van der Waals surface area contributed by atoms with Crippen LogP contribution in [0.5, 0.6) is 5.88 Å². The van der Waals surface area contributed by atoms with E-state index in [0.717, 1.165) is 5.56 Å². The van der Waals surface area contributed by atoms with Crippen LogP contribution in [0.1, 0.15) is 26.5 Å². The van der Waals surface area contributed by atoms with Gasteiger partial charge in [-0.1, -0.05) is 41.9 Å². The third kappa shape index (κ3) is 4.38. The molecule has 0 saturated carbocycles. The number of hydrogen-bond donors (Lipinski definition) is 1. The number of halogens is 1. The summed E-state index contributed by atoms with van der Waals surface area (Å²) in [4.78, 5) is 41.6. The van der Waals surface area contributed by atoms with Gasteiger partial charge in [-0.15, -0.1) is 0 Å². The summed E-state index contributed by atoms with van der Waals surface area (Å²) in [6.45, 7) is 7.02. The van der Waals surface area contributed by atoms with E-state index in [2.05, 4.69) is 15.0 Å². The Morgan fingerprint density at radius 2 is 1.66 bits per heavy atom. The third-order valence-corrected chi connectivity index (χ3v) is 4.88. The van der Waals surface area contributed by atoms with Crippen LogP contribution in [0.4, 0.5) is 0 Å². The zero-order chi connectivity index (χ0) is 23.0. The first kappa shape index (κ1) is 21.6. The number of aromatic amines is 1. The highest BCUT2D eigenvalue weighted by atomic mass is 35.5. The molecule has 0 aliphatic rings. The molecular weight excluding hydrogens is 428 g/mol. The number of benzene rings is 1. The SMILES string of the molecule is Cc1cc(-c2nc3c(=O)cc(OC(=O)C(C)(C)C)[nH]c3nc2-c2ccccc2)cc(Cl)n1. The predicted octanol–water partition coefficient (Wildman–Crippen LogP) is 4.96. The van der Waals surface area contributed by atoms with E-state index in [1.54, 1.807) is 26.8 Å². The van der Waals surface area contributed by atoms with Crippen LogP contribution < -0.4 is 10.2 Å². The molecule has 8 heteroatoms. The van der Waals surface area contributed by atoms with Crippen LogP contribution in [0.2, 0.25) is 5.15 Å². The molecule has 1 N–H and O–H groups in total. The van der Waals surface area contributed by atoms with E-state index >= 15 is 0 Å². The molecule has 0 bridgehead atoms. The number of carbonyl (C=O) groups excluding carboxylic acids is 1. The van der Waals surface area contributed by atoms with E-state index in [9.17, 15) is 9.59 Å². The quantitative estimate of drug-likeness (QED) is 0.351. The van der Waals surface area contributed by atoms with Crippen LogP contribution in [-0.2, 0) is 4.79 Å². The minimum atomic E-state index is -0.727. The van der Waals surface area contributed by atoms with E-state index in [4.69, 9.17) is 21.3 Å². The first-order chi connectivity index (χ1) is 15.1. The number of nitrogens with one attached hydrogen (secondary N) is 1. The van der Waals surface area contributed by atoms with Gasteiger partial charge in [-0.05, 0) is 39.8 Å². The van der Waals surface area contributed by atoms with E-state index in [0.29, 0.717) is 27.8 Å². The molecule has 0 amide bonds. The van der Waals surface area contributed by atoms with Gasteiger partial charge in [0.25, 0.3) is 0 Å². The van der Waals surface area contributed by atoms with Crippen LogP contribution in [0.25, 0.3) is 33.7 Å². The fourth-order valence-electron chi connectivity index (χ4n) is 3.11. The number of nitrogens with zero attached hydrogens (tertiary/aromatic N) is 3. The van der Waals surface area contributed by atoms with Crippen LogP contribution in [0.3, 0.4) is 0 Å². The molecule has 0 atom stereocenters. The molecule has 4 rings (SSSR count). The Kier molecular flexibility index (Phi) is 5.52. The van der Waals surface area contributed by atoms with Gasteiger partial charge in [0.2, 0.25) is 11.3 Å². The standard InChI is InChI=1S/C24H21ClN4O3/c1-13-10-15(11-17(25)26-13)20-19(14-8-6-5-7-9-14)29-22-21(28-20)16(30)12-18(27-22)32-23(31)24(2,3)4/h5-12H,1-4H3,(H,27,29,30). The summed E-state index contributed by atoms with van der Waals surface area (Å²) in [6, 6.07) is 14.2. The van der Waals surface area contributed by atoms with E-state index in [1.807, 2.05) is 43.3 Å². The Balaban J connectivity index is 1.96. The van der Waals surface area contributed by atoms with E-state index in [-0.39, 0.29) is 17.0 Å². The second kappa shape index (κ2) is 8.16. The zero-order valence-electron chi connectivity index (χ0n) is 18.1. The van der Waals surface area contributed by atoms with E-state index < -0.39 is 16.8 Å². The average Bonchev–Trinajstić information content (AvgIpc) is 2.72. The van der Waals surface area contributed by atoms with Crippen molar-refractivity contribution in [1.82, 2.24) is 19.9 Å². The fourth-order valence-corrected chi connectivity index (χ4v) is 3.36. The van der Waals surface area contributed by atoms with Crippen molar-refractivity contribution in [3.8, 4) is 28.4 Å². The number of hydrogen-bond acceptors (Lipinski definition) is 6. The Labute approximate surface area is 189 Å². The van der Waals surface area contributed by atoms with Gasteiger partial charge in [-0.3, -0.25) is 9.59 Å². The summed E-state index contributed by atoms with van der Waals surface area (Å²) in [7, 11) is 0. The first-order valence-electron chi connectivity index (χ1n) is 9.99. The zero-order valence-corrected chi connectivity index (χ0v) is 18.8. The van der Waals surface area contributed by atoms with Crippen molar-refractivity contribution in [2.24, 2.45) is 5.41 Å². The Morgan fingerprint density at radius 1 is 0.969 bits per heavy atom. The fraction of sp³-hybridized carbons (Fsp3) is 0.208. The number of rotatable bonds is 3. The number of ether oxygens (including phenoxy) is 1. The van der Waals surface area contributed by atoms with Gasteiger partial charge in [0, 0.05) is 22.9 Å². The molecule has 0 unspecified atom stereocenters. The highest BCUT2D eigenvalue weighted by Gasteiger charge is 2.25. The average molecular weight is 449 g/mol. The molecule has 32 heavy (non-hydrogen) atoms. The second-order valence-corrected chi connectivity index (χ2v) is 8.83. The lowest BCUT2D eigenvalue weighted by Crippen LogP contribution is -2.26. The van der Waals surface area contributed by atoms with Gasteiger partial charge in [0.1, 0.15) is 5.15 Å². The maximum Gasteiger partial charge on any atom is 0.317 e. The molecule has 1 aromatic carbocycles. The summed E-state index contributed by atoms with van der Waals surface area (Å²) in [5, 5.41) is 0.319. The number of aromatic nitrogens is 4. The van der Waals surface area contributed by atoms with Gasteiger partial charge >= 0.3 is 5.97 Å². The molecular formula is C24H21ClN4O3. The molecule has 3 heterocycles. The molecule has 0 spiro atoms. The number of fused-ring (bicyclic) bond motifs is 1. The molecule has 0 radical (unpaired) electrons. The highest BCUT2D eigenvalue weighted by molar-refractivity contribution is 6.29. The van der Waals surface area contributed by atoms with Crippen LogP contribution in [0, 0.1) is 12.3 Å². The minimum Gasteiger partial charge on any atom is -0.409 e. The van der Waals surface area contributed by atoms with Crippen molar-refractivity contribution in [2.75, 3.05) is 0 Å². The molecule has 3 aromatic heterocycles. The normalized spacial score (nSPS) is 11.5. The maximum absolute atomic E-state index is 12.8. The Morgan fingerprint density at radius 3 is 2.31 bits per heavy atom. The summed E-state index contributed by atoms with van der Waals surface area (Å²) in [5.74, 6) is -0.450. The highest BCUT2D eigenvalue weighted by Crippen LogP contribution is 2.31. The van der Waals surface area contributed by atoms with Crippen molar-refractivity contribution in [3.05, 3.63) is 69.6 Å². The molecule has 7 nitrogen and oxygen atoms in total. The summed E-state index contributed by atoms with van der Waals surface area (Å²) < 4.78 is 5.37. The number of aryl methyl sites for hydroxylation is 1. The number of esters is 1. The van der Waals surface area contributed by atoms with Crippen molar-refractivity contribution in [3.63, 3.8) is 0 Å². The van der Waals surface area contributed by atoms with Gasteiger partial charge < -0.3 is 9.72 Å². The number of H-pyrrole nitrogens is 1. The van der Waals surface area contributed by atoms with Gasteiger partial charge in [0.15, 0.2) is 11.2 Å². The number of carbonyl (C=O) groups is 1. The Hall–Kier alpha value is -3.58. The number of pyridine rings is 2. The van der Waals surface area contributed by atoms with Gasteiger partial charge in [-0.2, -0.15) is 0 Å². The summed E-state index contributed by atoms with van der Waals surface area (Å²) in [6.07, 6.45) is 0. The lowest BCUT2D eigenvalue weighted by molar-refractivity contribution is -0.143. The maximum atomic E-state index is 12.8. The lowest BCUT2D eigenvalue weighted by atomic mass is 9.97. The van der Waals surface area contributed by atoms with Crippen molar-refractivity contribution >= 4 is 28.7 Å². The summed E-state index contributed by atoms with van der Waals surface area (Å²) in [5.41, 5.74) is 2.46. The molecule has 0 aliphatic heterocycles. The largest absolute Gasteiger partial charge is 0.409 e. The first-order valence-corrected chi connectivity index (χ1v) is 10.4. The lowest BCUT2D eigenvalue weighted by Gasteiger charge is -2.16. The third-order valence-electron chi connectivity index (χ3n) is 4.69. The molecule has 4 aromatic rings. The monoisotopic (exact) mass is 448 g/mol. The van der Waals surface area contributed by atoms with Gasteiger partial charge in [-0.25, -0.2) is 15.0 Å². The van der Waals surface area contributed by atoms with Crippen LogP contribution in [-0.4, -0.2) is 25.9 Å². The molecule has 0 fully saturated rings. The van der Waals surface area contributed by atoms with Crippen molar-refractivity contribution in [2.45, 2.75) is 27.7 Å². The molecule has 0 saturated heterocycles. The summed E-state index contributed by atoms with van der Waals surface area (Å²) >= 11 is 6.18. The second-order valence-electron chi connectivity index (χ2n) is 8.44. The molecule has 0 aliphatic carbocycles. The van der Waals surface area contributed by atoms with Crippen LogP contribution >= 0.6 is 11.6 Å².